The van der Waals surface area contributed by atoms with Crippen molar-refractivity contribution >= 4 is 5.91 Å². The molecule has 0 aromatic heterocycles. The first kappa shape index (κ1) is 14.5. The van der Waals surface area contributed by atoms with Gasteiger partial charge in [0.05, 0.1) is 0 Å². The largest absolute Gasteiger partial charge is 0.481 e. The summed E-state index contributed by atoms with van der Waals surface area (Å²) in [5, 5.41) is 11.6. The van der Waals surface area contributed by atoms with Crippen molar-refractivity contribution < 1.29 is 14.6 Å². The minimum Gasteiger partial charge on any atom is -0.481 e. The van der Waals surface area contributed by atoms with Crippen LogP contribution in [0.3, 0.4) is 0 Å². The third-order valence-electron chi connectivity index (χ3n) is 2.61. The zero-order valence-electron chi connectivity index (χ0n) is 11.1. The SMILES string of the molecule is Cc1cccc(OC(C)C(=O)NCC(C)CO)c1. The summed E-state index contributed by atoms with van der Waals surface area (Å²) in [4.78, 5) is 11.7. The number of aliphatic hydroxyl groups is 1. The highest BCUT2D eigenvalue weighted by Crippen LogP contribution is 2.14. The van der Waals surface area contributed by atoms with E-state index in [1.165, 1.54) is 0 Å². The molecule has 2 unspecified atom stereocenters. The number of hydrogen-bond acceptors (Lipinski definition) is 3. The number of carbonyl (C=O) groups excluding carboxylic acids is 1. The van der Waals surface area contributed by atoms with Gasteiger partial charge in [0.2, 0.25) is 0 Å². The number of amides is 1. The third-order valence-corrected chi connectivity index (χ3v) is 2.61. The molecule has 0 saturated heterocycles. The number of benzene rings is 1. The summed E-state index contributed by atoms with van der Waals surface area (Å²) in [5.74, 6) is 0.574. The van der Waals surface area contributed by atoms with Gasteiger partial charge in [-0.05, 0) is 37.5 Å². The Balaban J connectivity index is 2.45. The summed E-state index contributed by atoms with van der Waals surface area (Å²) in [6.07, 6.45) is -0.544. The number of hydrogen-bond donors (Lipinski definition) is 2. The van der Waals surface area contributed by atoms with Gasteiger partial charge in [-0.2, -0.15) is 0 Å². The highest BCUT2D eigenvalue weighted by Gasteiger charge is 2.15. The van der Waals surface area contributed by atoms with Crippen molar-refractivity contribution in [3.63, 3.8) is 0 Å². The fourth-order valence-electron chi connectivity index (χ4n) is 1.43. The zero-order valence-corrected chi connectivity index (χ0v) is 11.1. The second kappa shape index (κ2) is 7.01. The number of carbonyl (C=O) groups is 1. The number of aliphatic hydroxyl groups excluding tert-OH is 1. The van der Waals surface area contributed by atoms with Gasteiger partial charge in [-0.25, -0.2) is 0 Å². The van der Waals surface area contributed by atoms with E-state index in [0.29, 0.717) is 12.3 Å². The van der Waals surface area contributed by atoms with Crippen molar-refractivity contribution in [3.8, 4) is 5.75 Å². The van der Waals surface area contributed by atoms with E-state index in [-0.39, 0.29) is 18.4 Å². The lowest BCUT2D eigenvalue weighted by Crippen LogP contribution is -2.39. The van der Waals surface area contributed by atoms with Crippen LogP contribution in [0.25, 0.3) is 0 Å². The van der Waals surface area contributed by atoms with E-state index >= 15 is 0 Å². The lowest BCUT2D eigenvalue weighted by molar-refractivity contribution is -0.127. The Morgan fingerprint density at radius 1 is 1.44 bits per heavy atom. The fraction of sp³-hybridized carbons (Fsp3) is 0.500. The maximum atomic E-state index is 11.7. The molecular formula is C14H21NO3. The summed E-state index contributed by atoms with van der Waals surface area (Å²) >= 11 is 0. The van der Waals surface area contributed by atoms with Gasteiger partial charge in [0.15, 0.2) is 6.10 Å². The van der Waals surface area contributed by atoms with E-state index < -0.39 is 6.10 Å². The molecule has 1 aromatic carbocycles. The average Bonchev–Trinajstić information content (AvgIpc) is 2.35. The van der Waals surface area contributed by atoms with Crippen LogP contribution < -0.4 is 10.1 Å². The molecule has 0 spiro atoms. The standard InChI is InChI=1S/C14H21NO3/c1-10-5-4-6-13(7-10)18-12(3)14(17)15-8-11(2)9-16/h4-7,11-12,16H,8-9H2,1-3H3,(H,15,17). The zero-order chi connectivity index (χ0) is 13.5. The van der Waals surface area contributed by atoms with Crippen LogP contribution in [0.1, 0.15) is 19.4 Å². The number of aryl methyl sites for hydroxylation is 1. The van der Waals surface area contributed by atoms with Crippen molar-refractivity contribution in [2.24, 2.45) is 5.92 Å². The normalized spacial score (nSPS) is 13.8. The molecule has 0 heterocycles. The molecular weight excluding hydrogens is 230 g/mol. The highest BCUT2D eigenvalue weighted by molar-refractivity contribution is 5.80. The Bertz CT molecular complexity index is 392. The molecule has 2 atom stereocenters. The predicted octanol–water partition coefficient (Wildman–Crippen LogP) is 1.51. The van der Waals surface area contributed by atoms with Crippen molar-refractivity contribution in [1.29, 1.82) is 0 Å². The molecule has 100 valence electrons. The first-order valence-corrected chi connectivity index (χ1v) is 6.14. The lowest BCUT2D eigenvalue weighted by atomic mass is 10.2. The molecule has 0 aliphatic rings. The van der Waals surface area contributed by atoms with Crippen LogP contribution in [0.15, 0.2) is 24.3 Å². The van der Waals surface area contributed by atoms with Gasteiger partial charge in [0, 0.05) is 13.2 Å². The second-order valence-electron chi connectivity index (χ2n) is 4.61. The average molecular weight is 251 g/mol. The van der Waals surface area contributed by atoms with Gasteiger partial charge >= 0.3 is 0 Å². The van der Waals surface area contributed by atoms with E-state index in [2.05, 4.69) is 5.32 Å². The van der Waals surface area contributed by atoms with Crippen molar-refractivity contribution in [2.75, 3.05) is 13.2 Å². The summed E-state index contributed by atoms with van der Waals surface area (Å²) in [6.45, 7) is 6.07. The van der Waals surface area contributed by atoms with Crippen LogP contribution in [-0.4, -0.2) is 30.3 Å². The summed E-state index contributed by atoms with van der Waals surface area (Å²) in [5.41, 5.74) is 1.09. The fourth-order valence-corrected chi connectivity index (χ4v) is 1.43. The summed E-state index contributed by atoms with van der Waals surface area (Å²) in [7, 11) is 0. The van der Waals surface area contributed by atoms with Gasteiger partial charge in [-0.15, -0.1) is 0 Å². The summed E-state index contributed by atoms with van der Waals surface area (Å²) < 4.78 is 5.55. The Morgan fingerprint density at radius 3 is 2.78 bits per heavy atom. The maximum absolute atomic E-state index is 11.7. The molecule has 0 aliphatic heterocycles. The molecule has 4 nitrogen and oxygen atoms in total. The van der Waals surface area contributed by atoms with Gasteiger partial charge in [0.1, 0.15) is 5.75 Å². The monoisotopic (exact) mass is 251 g/mol. The first-order valence-electron chi connectivity index (χ1n) is 6.14. The molecule has 0 bridgehead atoms. The van der Waals surface area contributed by atoms with Crippen LogP contribution in [0, 0.1) is 12.8 Å². The number of ether oxygens (including phenoxy) is 1. The van der Waals surface area contributed by atoms with Crippen molar-refractivity contribution in [1.82, 2.24) is 5.32 Å². The molecule has 1 amide bonds. The van der Waals surface area contributed by atoms with Gasteiger partial charge in [-0.1, -0.05) is 19.1 Å². The number of rotatable bonds is 6. The van der Waals surface area contributed by atoms with E-state index in [9.17, 15) is 4.79 Å². The first-order chi connectivity index (χ1) is 8.52. The van der Waals surface area contributed by atoms with E-state index in [1.54, 1.807) is 6.92 Å². The molecule has 1 rings (SSSR count). The van der Waals surface area contributed by atoms with E-state index in [1.807, 2.05) is 38.1 Å². The molecule has 0 aliphatic carbocycles. The van der Waals surface area contributed by atoms with Crippen LogP contribution in [0.4, 0.5) is 0 Å². The van der Waals surface area contributed by atoms with Gasteiger partial charge in [0.25, 0.3) is 5.91 Å². The minimum atomic E-state index is -0.544. The third kappa shape index (κ3) is 4.75. The topological polar surface area (TPSA) is 58.6 Å². The van der Waals surface area contributed by atoms with Crippen LogP contribution >= 0.6 is 0 Å². The lowest BCUT2D eigenvalue weighted by Gasteiger charge is -2.16. The second-order valence-corrected chi connectivity index (χ2v) is 4.61. The predicted molar refractivity (Wildman–Crippen MR) is 70.5 cm³/mol. The molecule has 0 fully saturated rings. The van der Waals surface area contributed by atoms with Crippen LogP contribution in [0.2, 0.25) is 0 Å². The quantitative estimate of drug-likeness (QED) is 0.805. The molecule has 4 heteroatoms. The summed E-state index contributed by atoms with van der Waals surface area (Å²) in [6, 6.07) is 7.58. The van der Waals surface area contributed by atoms with Crippen molar-refractivity contribution in [2.45, 2.75) is 26.9 Å². The van der Waals surface area contributed by atoms with E-state index in [4.69, 9.17) is 9.84 Å². The Morgan fingerprint density at radius 2 is 2.17 bits per heavy atom. The molecule has 2 N–H and O–H groups in total. The molecule has 0 saturated carbocycles. The Labute approximate surface area is 108 Å². The molecule has 0 radical (unpaired) electrons. The van der Waals surface area contributed by atoms with Gasteiger partial charge in [-0.3, -0.25) is 4.79 Å². The maximum Gasteiger partial charge on any atom is 0.260 e. The molecule has 1 aromatic rings. The van der Waals surface area contributed by atoms with Crippen LogP contribution in [0.5, 0.6) is 5.75 Å². The van der Waals surface area contributed by atoms with E-state index in [0.717, 1.165) is 5.56 Å². The van der Waals surface area contributed by atoms with Crippen molar-refractivity contribution in [3.05, 3.63) is 29.8 Å². The smallest absolute Gasteiger partial charge is 0.260 e. The highest BCUT2D eigenvalue weighted by atomic mass is 16.5. The molecule has 18 heavy (non-hydrogen) atoms. The Kier molecular flexibility index (Phi) is 5.65. The number of nitrogens with one attached hydrogen (secondary N) is 1. The minimum absolute atomic E-state index is 0.0557. The van der Waals surface area contributed by atoms with Gasteiger partial charge < -0.3 is 15.2 Å². The Hall–Kier alpha value is -1.55. The van der Waals surface area contributed by atoms with Crippen LogP contribution in [-0.2, 0) is 4.79 Å².